The van der Waals surface area contributed by atoms with E-state index in [9.17, 15) is 9.59 Å². The summed E-state index contributed by atoms with van der Waals surface area (Å²) in [5.41, 5.74) is -0.675. The van der Waals surface area contributed by atoms with Gasteiger partial charge in [-0.2, -0.15) is 0 Å². The number of aldehydes is 1. The van der Waals surface area contributed by atoms with Crippen LogP contribution in [-0.2, 0) is 23.8 Å². The van der Waals surface area contributed by atoms with Gasteiger partial charge in [-0.3, -0.25) is 4.79 Å². The van der Waals surface area contributed by atoms with Gasteiger partial charge in [0.2, 0.25) is 0 Å². The molecule has 0 radical (unpaired) electrons. The zero-order chi connectivity index (χ0) is 13.7. The molecule has 19 heavy (non-hydrogen) atoms. The molecule has 1 saturated carbocycles. The Morgan fingerprint density at radius 2 is 2.00 bits per heavy atom. The minimum atomic E-state index is -0.675. The van der Waals surface area contributed by atoms with Crippen LogP contribution in [0.15, 0.2) is 0 Å². The van der Waals surface area contributed by atoms with Crippen LogP contribution in [0.3, 0.4) is 0 Å². The van der Waals surface area contributed by atoms with Crippen LogP contribution in [0.4, 0.5) is 0 Å². The first-order chi connectivity index (χ1) is 9.22. The summed E-state index contributed by atoms with van der Waals surface area (Å²) in [4.78, 5) is 22.3. The van der Waals surface area contributed by atoms with E-state index in [1.165, 1.54) is 0 Å². The fourth-order valence-electron chi connectivity index (χ4n) is 2.97. The van der Waals surface area contributed by atoms with Gasteiger partial charge in [-0.05, 0) is 32.6 Å². The zero-order valence-corrected chi connectivity index (χ0v) is 11.4. The molecule has 0 aromatic heterocycles. The van der Waals surface area contributed by atoms with E-state index in [2.05, 4.69) is 0 Å². The molecule has 1 saturated heterocycles. The van der Waals surface area contributed by atoms with Crippen molar-refractivity contribution in [3.05, 3.63) is 0 Å². The standard InChI is InChI=1S/C14H22O5/c1-11(17-8-12-9-18-12)13(7-15)14(19-10-16)5-3-2-4-6-14/h7,10-13H,2-6,8-9H2,1H3. The predicted octanol–water partition coefficient (Wildman–Crippen LogP) is 1.48. The molecule has 5 heteroatoms. The second-order valence-corrected chi connectivity index (χ2v) is 5.50. The molecule has 5 nitrogen and oxygen atoms in total. The molecule has 0 aromatic rings. The first-order valence-electron chi connectivity index (χ1n) is 7.02. The van der Waals surface area contributed by atoms with E-state index in [4.69, 9.17) is 14.2 Å². The molecule has 2 rings (SSSR count). The summed E-state index contributed by atoms with van der Waals surface area (Å²) in [6, 6.07) is 0. The van der Waals surface area contributed by atoms with Gasteiger partial charge in [0.25, 0.3) is 6.47 Å². The first kappa shape index (κ1) is 14.5. The van der Waals surface area contributed by atoms with E-state index < -0.39 is 11.5 Å². The fraction of sp³-hybridized carbons (Fsp3) is 0.857. The summed E-state index contributed by atoms with van der Waals surface area (Å²) >= 11 is 0. The molecule has 0 N–H and O–H groups in total. The van der Waals surface area contributed by atoms with E-state index >= 15 is 0 Å². The summed E-state index contributed by atoms with van der Waals surface area (Å²) in [7, 11) is 0. The summed E-state index contributed by atoms with van der Waals surface area (Å²) < 4.78 is 16.1. The lowest BCUT2D eigenvalue weighted by Gasteiger charge is -2.41. The summed E-state index contributed by atoms with van der Waals surface area (Å²) in [5.74, 6) is -0.406. The molecular weight excluding hydrogens is 248 g/mol. The molecule has 2 aliphatic rings. The van der Waals surface area contributed by atoms with Crippen LogP contribution < -0.4 is 0 Å². The SMILES string of the molecule is CC(OCC1CO1)C(C=O)C1(OC=O)CCCCC1. The predicted molar refractivity (Wildman–Crippen MR) is 67.7 cm³/mol. The van der Waals surface area contributed by atoms with E-state index in [1.807, 2.05) is 6.92 Å². The van der Waals surface area contributed by atoms with Crippen molar-refractivity contribution in [2.75, 3.05) is 13.2 Å². The van der Waals surface area contributed by atoms with Crippen LogP contribution in [0.1, 0.15) is 39.0 Å². The van der Waals surface area contributed by atoms with Gasteiger partial charge in [0, 0.05) is 0 Å². The lowest BCUT2D eigenvalue weighted by Crippen LogP contribution is -2.48. The highest BCUT2D eigenvalue weighted by atomic mass is 16.6. The lowest BCUT2D eigenvalue weighted by atomic mass is 9.74. The first-order valence-corrected chi connectivity index (χ1v) is 7.02. The van der Waals surface area contributed by atoms with Crippen molar-refractivity contribution >= 4 is 12.8 Å². The van der Waals surface area contributed by atoms with E-state index in [0.29, 0.717) is 13.1 Å². The molecule has 0 spiro atoms. The number of hydrogen-bond donors (Lipinski definition) is 0. The van der Waals surface area contributed by atoms with Crippen LogP contribution in [0.2, 0.25) is 0 Å². The van der Waals surface area contributed by atoms with Crippen molar-refractivity contribution in [2.24, 2.45) is 5.92 Å². The Balaban J connectivity index is 2.01. The maximum atomic E-state index is 11.5. The van der Waals surface area contributed by atoms with Crippen molar-refractivity contribution in [3.8, 4) is 0 Å². The number of carbonyl (C=O) groups is 2. The van der Waals surface area contributed by atoms with Gasteiger partial charge >= 0.3 is 0 Å². The van der Waals surface area contributed by atoms with Crippen molar-refractivity contribution in [3.63, 3.8) is 0 Å². The van der Waals surface area contributed by atoms with Gasteiger partial charge in [-0.1, -0.05) is 6.42 Å². The van der Waals surface area contributed by atoms with E-state index in [1.54, 1.807) is 0 Å². The van der Waals surface area contributed by atoms with Gasteiger partial charge in [-0.25, -0.2) is 0 Å². The minimum Gasteiger partial charge on any atom is -0.460 e. The largest absolute Gasteiger partial charge is 0.460 e. The molecule has 1 aliphatic heterocycles. The third-order valence-electron chi connectivity index (χ3n) is 4.19. The number of ether oxygens (including phenoxy) is 3. The fourth-order valence-corrected chi connectivity index (χ4v) is 2.97. The second-order valence-electron chi connectivity index (χ2n) is 5.50. The molecule has 2 fully saturated rings. The molecule has 108 valence electrons. The van der Waals surface area contributed by atoms with Gasteiger partial charge in [0.1, 0.15) is 18.0 Å². The topological polar surface area (TPSA) is 65.1 Å². The van der Waals surface area contributed by atoms with Crippen LogP contribution in [-0.4, -0.2) is 43.8 Å². The van der Waals surface area contributed by atoms with E-state index in [-0.39, 0.29) is 12.2 Å². The van der Waals surface area contributed by atoms with Crippen molar-refractivity contribution in [1.29, 1.82) is 0 Å². The van der Waals surface area contributed by atoms with Crippen molar-refractivity contribution < 1.29 is 23.8 Å². The molecule has 1 aliphatic carbocycles. The normalized spacial score (nSPS) is 28.2. The maximum Gasteiger partial charge on any atom is 0.293 e. The van der Waals surface area contributed by atoms with Gasteiger partial charge in [0.15, 0.2) is 0 Å². The molecule has 0 aromatic carbocycles. The Morgan fingerprint density at radius 1 is 1.32 bits per heavy atom. The van der Waals surface area contributed by atoms with Crippen LogP contribution >= 0.6 is 0 Å². The smallest absolute Gasteiger partial charge is 0.293 e. The zero-order valence-electron chi connectivity index (χ0n) is 11.4. The summed E-state index contributed by atoms with van der Waals surface area (Å²) in [6.07, 6.45) is 5.36. The van der Waals surface area contributed by atoms with Crippen molar-refractivity contribution in [1.82, 2.24) is 0 Å². The highest BCUT2D eigenvalue weighted by Crippen LogP contribution is 2.39. The molecule has 3 atom stereocenters. The second kappa shape index (κ2) is 6.48. The Morgan fingerprint density at radius 3 is 2.53 bits per heavy atom. The molecule has 0 bridgehead atoms. The number of epoxide rings is 1. The monoisotopic (exact) mass is 270 g/mol. The average Bonchev–Trinajstić information content (AvgIpc) is 3.22. The molecule has 3 unspecified atom stereocenters. The quantitative estimate of drug-likeness (QED) is 0.494. The van der Waals surface area contributed by atoms with Gasteiger partial charge in [-0.15, -0.1) is 0 Å². The van der Waals surface area contributed by atoms with E-state index in [0.717, 1.165) is 45.0 Å². The highest BCUT2D eigenvalue weighted by molar-refractivity contribution is 5.58. The Kier molecular flexibility index (Phi) is 4.93. The van der Waals surface area contributed by atoms with Gasteiger partial charge < -0.3 is 19.0 Å². The van der Waals surface area contributed by atoms with Gasteiger partial charge in [0.05, 0.1) is 25.2 Å². The average molecular weight is 270 g/mol. The summed E-state index contributed by atoms with van der Waals surface area (Å²) in [6.45, 7) is 3.57. The van der Waals surface area contributed by atoms with Crippen LogP contribution in [0.25, 0.3) is 0 Å². The third-order valence-corrected chi connectivity index (χ3v) is 4.19. The Labute approximate surface area is 113 Å². The van der Waals surface area contributed by atoms with Crippen LogP contribution in [0, 0.1) is 5.92 Å². The number of hydrogen-bond acceptors (Lipinski definition) is 5. The third kappa shape index (κ3) is 3.54. The van der Waals surface area contributed by atoms with Crippen LogP contribution in [0.5, 0.6) is 0 Å². The molecular formula is C14H22O5. The highest BCUT2D eigenvalue weighted by Gasteiger charge is 2.45. The Bertz CT molecular complexity index is 307. The lowest BCUT2D eigenvalue weighted by molar-refractivity contribution is -0.166. The van der Waals surface area contributed by atoms with Crippen molar-refractivity contribution in [2.45, 2.75) is 56.8 Å². The summed E-state index contributed by atoms with van der Waals surface area (Å²) in [5, 5.41) is 0. The number of carbonyl (C=O) groups excluding carboxylic acids is 2. The molecule has 1 heterocycles. The maximum absolute atomic E-state index is 11.5. The Hall–Kier alpha value is -0.940. The number of rotatable bonds is 8. The minimum absolute atomic E-state index is 0.170. The molecule has 0 amide bonds.